The smallest absolute Gasteiger partial charge is 0.343 e. The van der Waals surface area contributed by atoms with Gasteiger partial charge in [0.05, 0.1) is 25.5 Å². The van der Waals surface area contributed by atoms with E-state index in [0.717, 1.165) is 4.90 Å². The number of esters is 1. The molecule has 0 atom stereocenters. The number of methoxy groups -OCH3 is 2. The van der Waals surface area contributed by atoms with Crippen LogP contribution in [0.3, 0.4) is 0 Å². The van der Waals surface area contributed by atoms with E-state index in [-0.39, 0.29) is 33.5 Å². The number of carbonyl (C=O) groups is 3. The summed E-state index contributed by atoms with van der Waals surface area (Å²) in [6.45, 7) is 0. The van der Waals surface area contributed by atoms with Gasteiger partial charge in [-0.2, -0.15) is 0 Å². The molecule has 1 N–H and O–H groups in total. The number of para-hydroxylation sites is 2. The first-order valence-corrected chi connectivity index (χ1v) is 10.9. The average molecular weight is 513 g/mol. The van der Waals surface area contributed by atoms with Crippen molar-refractivity contribution in [3.05, 3.63) is 88.0 Å². The van der Waals surface area contributed by atoms with Crippen molar-refractivity contribution in [1.29, 1.82) is 0 Å². The quantitative estimate of drug-likeness (QED) is 0.270. The summed E-state index contributed by atoms with van der Waals surface area (Å²) in [5, 5.41) is 2.87. The Morgan fingerprint density at radius 3 is 2.14 bits per heavy atom. The predicted molar refractivity (Wildman–Crippen MR) is 131 cm³/mol. The highest BCUT2D eigenvalue weighted by molar-refractivity contribution is 6.53. The second-order valence-corrected chi connectivity index (χ2v) is 8.01. The summed E-state index contributed by atoms with van der Waals surface area (Å²) in [4.78, 5) is 39.2. The van der Waals surface area contributed by atoms with Crippen LogP contribution in [-0.4, -0.2) is 32.0 Å². The molecule has 0 fully saturated rings. The van der Waals surface area contributed by atoms with Crippen LogP contribution in [-0.2, 0) is 9.59 Å². The standard InChI is InChI=1S/C25H18Cl2N2O6/c1-33-18-12-9-15(26)13-17(18)29-23(30)21(27)22(24(29)31)28-16-10-7-14(8-11-16)25(32)35-20-6-4-3-5-19(20)34-2/h3-13,28H,1-2H3. The number of nitrogens with zero attached hydrogens (tertiary/aromatic N) is 1. The monoisotopic (exact) mass is 512 g/mol. The number of imide groups is 1. The number of anilines is 2. The number of rotatable bonds is 7. The molecule has 1 aliphatic heterocycles. The van der Waals surface area contributed by atoms with Crippen molar-refractivity contribution < 1.29 is 28.6 Å². The van der Waals surface area contributed by atoms with Crippen molar-refractivity contribution in [2.75, 3.05) is 24.4 Å². The van der Waals surface area contributed by atoms with Crippen molar-refractivity contribution in [2.24, 2.45) is 0 Å². The van der Waals surface area contributed by atoms with E-state index in [9.17, 15) is 14.4 Å². The summed E-state index contributed by atoms with van der Waals surface area (Å²) < 4.78 is 15.8. The third-order valence-corrected chi connectivity index (χ3v) is 5.66. The summed E-state index contributed by atoms with van der Waals surface area (Å²) in [6.07, 6.45) is 0. The van der Waals surface area contributed by atoms with Gasteiger partial charge in [-0.25, -0.2) is 9.69 Å². The number of halogens is 2. The van der Waals surface area contributed by atoms with Crippen LogP contribution in [0.5, 0.6) is 17.2 Å². The lowest BCUT2D eigenvalue weighted by Crippen LogP contribution is -2.32. The van der Waals surface area contributed by atoms with Crippen molar-refractivity contribution >= 4 is 52.4 Å². The summed E-state index contributed by atoms with van der Waals surface area (Å²) in [5.41, 5.74) is 0.733. The molecule has 0 saturated heterocycles. The third-order valence-electron chi connectivity index (χ3n) is 5.07. The number of ether oxygens (including phenoxy) is 3. The maximum atomic E-state index is 13.1. The largest absolute Gasteiger partial charge is 0.495 e. The second kappa shape index (κ2) is 10.1. The zero-order valence-electron chi connectivity index (χ0n) is 18.5. The molecule has 4 rings (SSSR count). The van der Waals surface area contributed by atoms with E-state index in [1.165, 1.54) is 32.4 Å². The molecule has 0 saturated carbocycles. The van der Waals surface area contributed by atoms with Crippen molar-refractivity contribution in [3.63, 3.8) is 0 Å². The lowest BCUT2D eigenvalue weighted by molar-refractivity contribution is -0.120. The van der Waals surface area contributed by atoms with E-state index in [1.54, 1.807) is 48.5 Å². The zero-order valence-corrected chi connectivity index (χ0v) is 20.0. The van der Waals surface area contributed by atoms with E-state index < -0.39 is 17.8 Å². The van der Waals surface area contributed by atoms with E-state index in [4.69, 9.17) is 37.4 Å². The molecular formula is C25H18Cl2N2O6. The van der Waals surface area contributed by atoms with Crippen LogP contribution < -0.4 is 24.4 Å². The van der Waals surface area contributed by atoms with Crippen LogP contribution >= 0.6 is 23.2 Å². The molecule has 35 heavy (non-hydrogen) atoms. The number of hydrogen-bond donors (Lipinski definition) is 1. The first kappa shape index (κ1) is 24.1. The predicted octanol–water partition coefficient (Wildman–Crippen LogP) is 5.01. The van der Waals surface area contributed by atoms with Gasteiger partial charge in [-0.1, -0.05) is 35.3 Å². The molecule has 2 amide bonds. The zero-order chi connectivity index (χ0) is 25.1. The molecule has 0 aliphatic carbocycles. The van der Waals surface area contributed by atoms with Crippen molar-refractivity contribution in [3.8, 4) is 17.2 Å². The van der Waals surface area contributed by atoms with Gasteiger partial charge in [-0.05, 0) is 54.6 Å². The van der Waals surface area contributed by atoms with E-state index in [1.807, 2.05) is 0 Å². The Kier molecular flexibility index (Phi) is 6.95. The highest BCUT2D eigenvalue weighted by Crippen LogP contribution is 2.37. The highest BCUT2D eigenvalue weighted by Gasteiger charge is 2.40. The first-order chi connectivity index (χ1) is 16.8. The molecule has 178 valence electrons. The van der Waals surface area contributed by atoms with Gasteiger partial charge in [0.15, 0.2) is 11.5 Å². The normalized spacial score (nSPS) is 13.2. The fourth-order valence-corrected chi connectivity index (χ4v) is 3.74. The lowest BCUT2D eigenvalue weighted by atomic mass is 10.2. The van der Waals surface area contributed by atoms with Crippen LogP contribution in [0.25, 0.3) is 0 Å². The number of nitrogens with one attached hydrogen (secondary N) is 1. The highest BCUT2D eigenvalue weighted by atomic mass is 35.5. The minimum Gasteiger partial charge on any atom is -0.495 e. The topological polar surface area (TPSA) is 94.2 Å². The van der Waals surface area contributed by atoms with Crippen LogP contribution in [0.1, 0.15) is 10.4 Å². The Hall–Kier alpha value is -4.01. The number of carbonyl (C=O) groups excluding carboxylic acids is 3. The van der Waals surface area contributed by atoms with Crippen molar-refractivity contribution in [1.82, 2.24) is 0 Å². The molecule has 0 spiro atoms. The fourth-order valence-electron chi connectivity index (χ4n) is 3.36. The van der Waals surface area contributed by atoms with Crippen LogP contribution in [0.15, 0.2) is 77.5 Å². The Labute approximate surface area is 210 Å². The van der Waals surface area contributed by atoms with Gasteiger partial charge in [-0.15, -0.1) is 0 Å². The molecule has 0 bridgehead atoms. The number of hydrogen-bond acceptors (Lipinski definition) is 7. The summed E-state index contributed by atoms with van der Waals surface area (Å²) in [7, 11) is 2.89. The molecule has 1 heterocycles. The fraction of sp³-hybridized carbons (Fsp3) is 0.0800. The Bertz CT molecular complexity index is 1350. The minimum absolute atomic E-state index is 0.122. The van der Waals surface area contributed by atoms with Gasteiger partial charge in [0.2, 0.25) is 0 Å². The van der Waals surface area contributed by atoms with Crippen LogP contribution in [0.4, 0.5) is 11.4 Å². The van der Waals surface area contributed by atoms with Gasteiger partial charge in [-0.3, -0.25) is 9.59 Å². The van der Waals surface area contributed by atoms with Crippen LogP contribution in [0.2, 0.25) is 5.02 Å². The van der Waals surface area contributed by atoms with Gasteiger partial charge in [0, 0.05) is 10.7 Å². The number of benzene rings is 3. The Morgan fingerprint density at radius 1 is 0.829 bits per heavy atom. The minimum atomic E-state index is -0.725. The lowest BCUT2D eigenvalue weighted by Gasteiger charge is -2.18. The molecule has 10 heteroatoms. The van der Waals surface area contributed by atoms with Gasteiger partial charge < -0.3 is 19.5 Å². The molecule has 3 aromatic carbocycles. The van der Waals surface area contributed by atoms with E-state index in [0.29, 0.717) is 16.5 Å². The van der Waals surface area contributed by atoms with E-state index in [2.05, 4.69) is 5.32 Å². The van der Waals surface area contributed by atoms with Gasteiger partial charge >= 0.3 is 5.97 Å². The first-order valence-electron chi connectivity index (χ1n) is 10.2. The molecule has 0 radical (unpaired) electrons. The molecule has 1 aliphatic rings. The Balaban J connectivity index is 1.52. The molecule has 0 aromatic heterocycles. The van der Waals surface area contributed by atoms with Crippen LogP contribution in [0, 0.1) is 0 Å². The summed E-state index contributed by atoms with van der Waals surface area (Å²) in [6, 6.07) is 17.4. The van der Waals surface area contributed by atoms with E-state index >= 15 is 0 Å². The second-order valence-electron chi connectivity index (χ2n) is 7.19. The average Bonchev–Trinajstić information content (AvgIpc) is 3.07. The third kappa shape index (κ3) is 4.80. The SMILES string of the molecule is COc1ccccc1OC(=O)c1ccc(NC2=C(Cl)C(=O)N(c3cc(Cl)ccc3OC)C2=O)cc1. The maximum Gasteiger partial charge on any atom is 0.343 e. The molecule has 3 aromatic rings. The summed E-state index contributed by atoms with van der Waals surface area (Å²) in [5.74, 6) is -1.02. The maximum absolute atomic E-state index is 13.1. The van der Waals surface area contributed by atoms with Gasteiger partial charge in [0.25, 0.3) is 11.8 Å². The number of amides is 2. The summed E-state index contributed by atoms with van der Waals surface area (Å²) >= 11 is 12.2. The molecule has 8 nitrogen and oxygen atoms in total. The van der Waals surface area contributed by atoms with Crippen molar-refractivity contribution in [2.45, 2.75) is 0 Å². The molecular weight excluding hydrogens is 495 g/mol. The Morgan fingerprint density at radius 2 is 1.49 bits per heavy atom. The molecule has 0 unspecified atom stereocenters. The van der Waals surface area contributed by atoms with Gasteiger partial charge in [0.1, 0.15) is 16.5 Å².